The molecule has 0 aliphatic carbocycles. The van der Waals surface area contributed by atoms with Gasteiger partial charge in [-0.15, -0.1) is 0 Å². The molecule has 0 amide bonds. The Hall–Kier alpha value is -2.04. The number of ether oxygens (including phenoxy) is 1. The Labute approximate surface area is 98.8 Å². The molecule has 2 aromatic rings. The van der Waals surface area contributed by atoms with Crippen molar-refractivity contribution in [2.24, 2.45) is 0 Å². The second kappa shape index (κ2) is 5.34. The maximum atomic E-state index is 12.9. The summed E-state index contributed by atoms with van der Waals surface area (Å²) in [5.41, 5.74) is 6.11. The van der Waals surface area contributed by atoms with Crippen LogP contribution in [-0.4, -0.2) is 16.2 Å². The highest BCUT2D eigenvalue weighted by molar-refractivity contribution is 5.52. The van der Waals surface area contributed by atoms with Crippen molar-refractivity contribution in [1.82, 2.24) is 9.55 Å². The van der Waals surface area contributed by atoms with Crippen molar-refractivity contribution < 1.29 is 9.13 Å². The zero-order valence-corrected chi connectivity index (χ0v) is 9.34. The first kappa shape index (κ1) is 11.4. The number of nitrogen functional groups attached to an aromatic ring is 1. The van der Waals surface area contributed by atoms with Gasteiger partial charge >= 0.3 is 0 Å². The lowest BCUT2D eigenvalue weighted by atomic mass is 10.3. The average Bonchev–Trinajstić information content (AvgIpc) is 2.82. The van der Waals surface area contributed by atoms with Crippen molar-refractivity contribution in [2.75, 3.05) is 12.3 Å². The van der Waals surface area contributed by atoms with Crippen LogP contribution >= 0.6 is 0 Å². The van der Waals surface area contributed by atoms with Gasteiger partial charge in [-0.25, -0.2) is 9.37 Å². The van der Waals surface area contributed by atoms with Crippen LogP contribution in [0.3, 0.4) is 0 Å². The highest BCUT2D eigenvalue weighted by atomic mass is 19.1. The van der Waals surface area contributed by atoms with Crippen LogP contribution in [0.25, 0.3) is 0 Å². The van der Waals surface area contributed by atoms with Gasteiger partial charge in [0.1, 0.15) is 11.6 Å². The Balaban J connectivity index is 1.80. The van der Waals surface area contributed by atoms with E-state index in [4.69, 9.17) is 10.5 Å². The summed E-state index contributed by atoms with van der Waals surface area (Å²) in [6, 6.07) is 4.11. The Morgan fingerprint density at radius 2 is 2.29 bits per heavy atom. The van der Waals surface area contributed by atoms with Crippen LogP contribution in [0.15, 0.2) is 36.9 Å². The molecule has 0 radical (unpaired) electrons. The van der Waals surface area contributed by atoms with Crippen molar-refractivity contribution in [2.45, 2.75) is 13.0 Å². The Morgan fingerprint density at radius 1 is 1.41 bits per heavy atom. The number of hydrogen-bond donors (Lipinski definition) is 1. The molecule has 1 aromatic carbocycles. The molecule has 0 unspecified atom stereocenters. The molecule has 5 heteroatoms. The third-order valence-corrected chi connectivity index (χ3v) is 2.35. The number of halogens is 1. The molecule has 90 valence electrons. The molecule has 2 rings (SSSR count). The summed E-state index contributed by atoms with van der Waals surface area (Å²) in [5.74, 6) is 0.0550. The summed E-state index contributed by atoms with van der Waals surface area (Å²) in [6.07, 6.45) is 6.17. The van der Waals surface area contributed by atoms with Gasteiger partial charge in [-0.05, 0) is 18.6 Å². The normalized spacial score (nSPS) is 10.4. The topological polar surface area (TPSA) is 53.1 Å². The molecule has 0 saturated heterocycles. The number of anilines is 1. The van der Waals surface area contributed by atoms with Crippen LogP contribution < -0.4 is 10.5 Å². The van der Waals surface area contributed by atoms with E-state index in [1.54, 1.807) is 12.5 Å². The lowest BCUT2D eigenvalue weighted by Gasteiger charge is -2.08. The van der Waals surface area contributed by atoms with E-state index in [1.807, 2.05) is 10.8 Å². The fourth-order valence-electron chi connectivity index (χ4n) is 1.48. The van der Waals surface area contributed by atoms with Crippen LogP contribution in [0.4, 0.5) is 10.1 Å². The summed E-state index contributed by atoms with van der Waals surface area (Å²) in [5, 5.41) is 0. The van der Waals surface area contributed by atoms with Crippen molar-refractivity contribution in [1.29, 1.82) is 0 Å². The number of hydrogen-bond acceptors (Lipinski definition) is 3. The van der Waals surface area contributed by atoms with Gasteiger partial charge in [0.2, 0.25) is 0 Å². The van der Waals surface area contributed by atoms with E-state index < -0.39 is 0 Å². The predicted octanol–water partition coefficient (Wildman–Crippen LogP) is 2.07. The van der Waals surface area contributed by atoms with Gasteiger partial charge in [-0.2, -0.15) is 0 Å². The van der Waals surface area contributed by atoms with E-state index in [1.165, 1.54) is 18.2 Å². The molecule has 4 nitrogen and oxygen atoms in total. The van der Waals surface area contributed by atoms with E-state index in [2.05, 4.69) is 4.98 Å². The lowest BCUT2D eigenvalue weighted by Crippen LogP contribution is -2.04. The van der Waals surface area contributed by atoms with E-state index in [0.29, 0.717) is 18.0 Å². The largest absolute Gasteiger partial charge is 0.491 e. The summed E-state index contributed by atoms with van der Waals surface area (Å²) < 4.78 is 20.3. The number of rotatable bonds is 5. The zero-order valence-electron chi connectivity index (χ0n) is 9.34. The van der Waals surface area contributed by atoms with Gasteiger partial charge in [0, 0.05) is 25.0 Å². The highest BCUT2D eigenvalue weighted by Crippen LogP contribution is 2.21. The van der Waals surface area contributed by atoms with Gasteiger partial charge in [-0.1, -0.05) is 0 Å². The van der Waals surface area contributed by atoms with E-state index >= 15 is 0 Å². The molecule has 0 bridgehead atoms. The Bertz CT molecular complexity index is 471. The number of nitrogens with two attached hydrogens (primary N) is 1. The fraction of sp³-hybridized carbons (Fsp3) is 0.250. The standard InChI is InChI=1S/C12H14FN3O/c13-10-2-3-11(14)12(8-10)17-7-1-5-16-6-4-15-9-16/h2-4,6,8-9H,1,5,7,14H2. The average molecular weight is 235 g/mol. The van der Waals surface area contributed by atoms with E-state index in [9.17, 15) is 4.39 Å². The lowest BCUT2D eigenvalue weighted by molar-refractivity contribution is 0.302. The molecule has 0 aliphatic rings. The van der Waals surface area contributed by atoms with Crippen LogP contribution in [0, 0.1) is 5.82 Å². The van der Waals surface area contributed by atoms with Gasteiger partial charge in [-0.3, -0.25) is 0 Å². The number of aryl methyl sites for hydroxylation is 1. The van der Waals surface area contributed by atoms with Gasteiger partial charge < -0.3 is 15.0 Å². The maximum absolute atomic E-state index is 12.9. The first-order valence-electron chi connectivity index (χ1n) is 5.39. The second-order valence-electron chi connectivity index (χ2n) is 3.68. The first-order valence-corrected chi connectivity index (χ1v) is 5.39. The van der Waals surface area contributed by atoms with Crippen LogP contribution in [-0.2, 0) is 6.54 Å². The molecule has 0 aliphatic heterocycles. The molecule has 0 saturated carbocycles. The SMILES string of the molecule is Nc1ccc(F)cc1OCCCn1ccnc1. The summed E-state index contributed by atoms with van der Waals surface area (Å²) in [4.78, 5) is 3.94. The molecule has 0 atom stereocenters. The monoisotopic (exact) mass is 235 g/mol. The third kappa shape index (κ3) is 3.21. The van der Waals surface area contributed by atoms with Crippen LogP contribution in [0.5, 0.6) is 5.75 Å². The van der Waals surface area contributed by atoms with E-state index in [-0.39, 0.29) is 5.82 Å². The van der Waals surface area contributed by atoms with Gasteiger partial charge in [0.25, 0.3) is 0 Å². The summed E-state index contributed by atoms with van der Waals surface area (Å²) in [6.45, 7) is 1.31. The van der Waals surface area contributed by atoms with Gasteiger partial charge in [0.05, 0.1) is 18.6 Å². The molecule has 17 heavy (non-hydrogen) atoms. The molecule has 0 fully saturated rings. The number of benzene rings is 1. The quantitative estimate of drug-likeness (QED) is 0.637. The molecule has 1 aromatic heterocycles. The number of imidazole rings is 1. The van der Waals surface area contributed by atoms with Gasteiger partial charge in [0.15, 0.2) is 0 Å². The summed E-state index contributed by atoms with van der Waals surface area (Å²) in [7, 11) is 0. The Kier molecular flexibility index (Phi) is 3.59. The molecule has 0 spiro atoms. The molecule has 2 N–H and O–H groups in total. The smallest absolute Gasteiger partial charge is 0.145 e. The van der Waals surface area contributed by atoms with Crippen molar-refractivity contribution in [3.8, 4) is 5.75 Å². The van der Waals surface area contributed by atoms with Crippen molar-refractivity contribution in [3.63, 3.8) is 0 Å². The number of nitrogens with zero attached hydrogens (tertiary/aromatic N) is 2. The minimum Gasteiger partial charge on any atom is -0.491 e. The molecular weight excluding hydrogens is 221 g/mol. The second-order valence-corrected chi connectivity index (χ2v) is 3.68. The molecule has 1 heterocycles. The predicted molar refractivity (Wildman–Crippen MR) is 63.2 cm³/mol. The third-order valence-electron chi connectivity index (χ3n) is 2.35. The highest BCUT2D eigenvalue weighted by Gasteiger charge is 2.01. The van der Waals surface area contributed by atoms with Crippen LogP contribution in [0.2, 0.25) is 0 Å². The summed E-state index contributed by atoms with van der Waals surface area (Å²) >= 11 is 0. The fourth-order valence-corrected chi connectivity index (χ4v) is 1.48. The molecular formula is C12H14FN3O. The maximum Gasteiger partial charge on any atom is 0.145 e. The van der Waals surface area contributed by atoms with E-state index in [0.717, 1.165) is 13.0 Å². The zero-order chi connectivity index (χ0) is 12.1. The van der Waals surface area contributed by atoms with Crippen molar-refractivity contribution >= 4 is 5.69 Å². The number of aromatic nitrogens is 2. The Morgan fingerprint density at radius 3 is 3.06 bits per heavy atom. The minimum atomic E-state index is -0.344. The van der Waals surface area contributed by atoms with Crippen molar-refractivity contribution in [3.05, 3.63) is 42.7 Å². The van der Waals surface area contributed by atoms with Crippen LogP contribution in [0.1, 0.15) is 6.42 Å². The minimum absolute atomic E-state index is 0.344. The first-order chi connectivity index (χ1) is 8.25.